The maximum Gasteiger partial charge on any atom is 0.138 e. The summed E-state index contributed by atoms with van der Waals surface area (Å²) in [7, 11) is 0. The van der Waals surface area contributed by atoms with Crippen molar-refractivity contribution < 1.29 is 19.5 Å². The molecular formula is C87H138O4. The van der Waals surface area contributed by atoms with Gasteiger partial charge in [-0.3, -0.25) is 14.4 Å². The van der Waals surface area contributed by atoms with E-state index >= 15 is 0 Å². The van der Waals surface area contributed by atoms with Crippen molar-refractivity contribution in [2.24, 2.45) is 159 Å². The van der Waals surface area contributed by atoms with Crippen LogP contribution in [-0.4, -0.2) is 28.1 Å². The normalized spacial score (nSPS) is 54.0. The topological polar surface area (TPSA) is 71.4 Å². The highest BCUT2D eigenvalue weighted by Gasteiger charge is 2.73. The molecule has 1 N–H and O–H groups in total. The van der Waals surface area contributed by atoms with Gasteiger partial charge in [0.1, 0.15) is 17.3 Å². The summed E-state index contributed by atoms with van der Waals surface area (Å²) in [6, 6.07) is 0. The molecule has 4 heteroatoms. The van der Waals surface area contributed by atoms with Crippen LogP contribution in [-0.2, 0) is 14.4 Å². The Morgan fingerprint density at radius 3 is 1.37 bits per heavy atom. The molecule has 91 heavy (non-hydrogen) atoms. The molecule has 0 heterocycles. The molecule has 0 aromatic heterocycles. The summed E-state index contributed by atoms with van der Waals surface area (Å²) >= 11 is 0. The second-order valence-electron chi connectivity index (χ2n) is 41.9. The minimum absolute atomic E-state index is 0.125. The Balaban J connectivity index is 0.000000125. The maximum absolute atomic E-state index is 12.9. The molecule has 4 nitrogen and oxygen atoms in total. The first-order valence-electron chi connectivity index (χ1n) is 39.5. The Morgan fingerprint density at radius 1 is 0.407 bits per heavy atom. The van der Waals surface area contributed by atoms with Gasteiger partial charge in [0.15, 0.2) is 0 Å². The number of Topliss-reactive ketones (excluding diaryl/α,β-unsaturated/α-hetero) is 3. The molecule has 0 saturated heterocycles. The lowest BCUT2D eigenvalue weighted by Crippen LogP contribution is -2.67. The van der Waals surface area contributed by atoms with Crippen LogP contribution in [0, 0.1) is 159 Å². The predicted octanol–water partition coefficient (Wildman–Crippen LogP) is 22.8. The van der Waals surface area contributed by atoms with Gasteiger partial charge in [-0.25, -0.2) is 0 Å². The third-order valence-electron chi connectivity index (χ3n) is 37.7. The van der Waals surface area contributed by atoms with Crippen molar-refractivity contribution >= 4 is 17.3 Å². The summed E-state index contributed by atoms with van der Waals surface area (Å²) in [6.07, 6.45) is 39.9. The Bertz CT molecular complexity index is 2980. The Hall–Kier alpha value is -1.81. The molecule has 0 radical (unpaired) electrons. The SMILES string of the molecule is C=C(C)[C@@H]1CC[C@@H]2CC[C@]3(C)C(CCC4[C@@]5(C)CCC(=O)C(C)(C)C5CC[C@]43C)C21.C=C(C)[C@@H]1CC[C@]2(O)CC[C@]3(C)C(CCC4[C@@]5(C)CCC(=O)C(C)(C)C5CC[C@]43C)C12.CC1(C)CC[C@@H]2CC[C@@]3(C)C(=CCC4[C@@]5(C)CCC(=O)C(C)(C)C5CC[C@]43C)[C@@H]2C1. The van der Waals surface area contributed by atoms with Crippen LogP contribution in [0.15, 0.2) is 36.0 Å². The lowest BCUT2D eigenvalue weighted by molar-refractivity contribution is -0.242. The van der Waals surface area contributed by atoms with Gasteiger partial charge < -0.3 is 5.11 Å². The first-order valence-corrected chi connectivity index (χ1v) is 39.5. The molecular weight excluding hydrogens is 1110 g/mol. The summed E-state index contributed by atoms with van der Waals surface area (Å²) in [5.74, 6) is 12.2. The number of carbonyl (C=O) groups is 3. The van der Waals surface area contributed by atoms with E-state index in [9.17, 15) is 19.5 Å². The molecule has 0 aliphatic heterocycles. The van der Waals surface area contributed by atoms with Crippen LogP contribution < -0.4 is 0 Å². The number of rotatable bonds is 2. The fourth-order valence-electron chi connectivity index (χ4n) is 32.1. The maximum atomic E-state index is 12.9. The monoisotopic (exact) mass is 1250 g/mol. The van der Waals surface area contributed by atoms with Crippen LogP contribution in [0.1, 0.15) is 324 Å². The van der Waals surface area contributed by atoms with Crippen molar-refractivity contribution in [1.82, 2.24) is 0 Å². The largest absolute Gasteiger partial charge is 0.390 e. The second-order valence-corrected chi connectivity index (χ2v) is 41.9. The first-order chi connectivity index (χ1) is 42.1. The van der Waals surface area contributed by atoms with Crippen LogP contribution in [0.25, 0.3) is 0 Å². The highest BCUT2D eigenvalue weighted by Crippen LogP contribution is 2.80. The van der Waals surface area contributed by atoms with E-state index in [0.29, 0.717) is 102 Å². The minimum atomic E-state index is -0.461. The lowest BCUT2D eigenvalue weighted by Gasteiger charge is -2.72. The molecule has 14 saturated carbocycles. The molecule has 0 aromatic rings. The molecule has 15 aliphatic carbocycles. The van der Waals surface area contributed by atoms with E-state index < -0.39 is 5.60 Å². The smallest absolute Gasteiger partial charge is 0.138 e. The molecule has 510 valence electrons. The molecule has 25 atom stereocenters. The fourth-order valence-corrected chi connectivity index (χ4v) is 32.1. The highest BCUT2D eigenvalue weighted by molar-refractivity contribution is 5.86. The van der Waals surface area contributed by atoms with Crippen LogP contribution in [0.4, 0.5) is 0 Å². The third kappa shape index (κ3) is 9.18. The average molecular weight is 1250 g/mol. The van der Waals surface area contributed by atoms with E-state index in [1.165, 1.54) is 146 Å². The summed E-state index contributed by atoms with van der Waals surface area (Å²) in [6.45, 7) is 55.7. The van der Waals surface area contributed by atoms with E-state index in [-0.39, 0.29) is 27.1 Å². The number of hydrogen-bond acceptors (Lipinski definition) is 4. The van der Waals surface area contributed by atoms with Gasteiger partial charge >= 0.3 is 0 Å². The molecule has 14 fully saturated rings. The molecule has 15 rings (SSSR count). The van der Waals surface area contributed by atoms with Gasteiger partial charge in [0, 0.05) is 35.5 Å². The van der Waals surface area contributed by atoms with Gasteiger partial charge in [0.25, 0.3) is 0 Å². The lowest BCUT2D eigenvalue weighted by atomic mass is 9.33. The van der Waals surface area contributed by atoms with E-state index in [4.69, 9.17) is 0 Å². The molecule has 15 aliphatic rings. The van der Waals surface area contributed by atoms with Gasteiger partial charge in [0.05, 0.1) is 5.60 Å². The average Bonchev–Trinajstić information content (AvgIpc) is 1.36. The number of hydrogen-bond donors (Lipinski definition) is 1. The van der Waals surface area contributed by atoms with Crippen molar-refractivity contribution in [2.75, 3.05) is 0 Å². The molecule has 0 amide bonds. The number of aliphatic hydroxyl groups is 1. The van der Waals surface area contributed by atoms with E-state index in [2.05, 4.69) is 151 Å². The molecule has 0 bridgehead atoms. The quantitative estimate of drug-likeness (QED) is 0.280. The van der Waals surface area contributed by atoms with Crippen molar-refractivity contribution in [3.8, 4) is 0 Å². The fraction of sp³-hybridized carbons (Fsp3) is 0.897. The number of carbonyl (C=O) groups excluding carboxylic acids is 3. The van der Waals surface area contributed by atoms with Crippen LogP contribution >= 0.6 is 0 Å². The van der Waals surface area contributed by atoms with Crippen molar-refractivity contribution in [1.29, 1.82) is 0 Å². The van der Waals surface area contributed by atoms with E-state index in [0.717, 1.165) is 105 Å². The minimum Gasteiger partial charge on any atom is -0.390 e. The van der Waals surface area contributed by atoms with Crippen molar-refractivity contribution in [3.63, 3.8) is 0 Å². The van der Waals surface area contributed by atoms with Crippen LogP contribution in [0.3, 0.4) is 0 Å². The summed E-state index contributed by atoms with van der Waals surface area (Å²) in [5.41, 5.74) is 7.43. The van der Waals surface area contributed by atoms with Gasteiger partial charge in [-0.05, 0) is 330 Å². The Morgan fingerprint density at radius 2 is 0.857 bits per heavy atom. The van der Waals surface area contributed by atoms with Crippen LogP contribution in [0.2, 0.25) is 0 Å². The van der Waals surface area contributed by atoms with E-state index in [1.54, 1.807) is 0 Å². The second kappa shape index (κ2) is 21.6. The van der Waals surface area contributed by atoms with Gasteiger partial charge in [-0.1, -0.05) is 154 Å². The van der Waals surface area contributed by atoms with E-state index in [1.807, 2.05) is 5.57 Å². The van der Waals surface area contributed by atoms with Crippen LogP contribution in [0.5, 0.6) is 0 Å². The summed E-state index contributed by atoms with van der Waals surface area (Å²) in [5, 5.41) is 11.7. The predicted molar refractivity (Wildman–Crippen MR) is 377 cm³/mol. The standard InChI is InChI=1S/C29H46O2.2C29H46O/c1-18(2)19-10-15-29(31)17-16-27(6)20(24(19)29)8-9-22-26(5)13-12-23(30)25(3,4)21(26)11-14-28(22,27)7;1-25(2)14-10-19-11-16-28(6)21(20(19)18-25)8-9-23-27(5)15-13-24(30)26(3,4)22(27)12-17-29(23,28)7;1-18(2)20-9-8-19-12-16-28(6)21(25(19)20)10-11-23-27(5)15-14-24(30)26(3,4)22(27)13-17-29(23,28)7/h19-22,24,31H,1,8-17H2,2-7H3;8,19-20,22-23H,9-18H2,1-7H3;19-23,25H,1,8-17H2,2-7H3/t19-,20?,21?,22?,24?,26-,27+,28+,29-;19-,20-,22?,23?,27+,28+,29-;19-,20+,21?,22?,23?,25?,27+,28-,29-/m011/s1. The molecule has 0 spiro atoms. The Kier molecular flexibility index (Phi) is 16.1. The van der Waals surface area contributed by atoms with Gasteiger partial charge in [-0.2, -0.15) is 0 Å². The summed E-state index contributed by atoms with van der Waals surface area (Å²) < 4.78 is 0. The zero-order valence-electron chi connectivity index (χ0n) is 62.5. The third-order valence-corrected chi connectivity index (χ3v) is 37.7. The van der Waals surface area contributed by atoms with Crippen molar-refractivity contribution in [3.05, 3.63) is 36.0 Å². The Labute approximate surface area is 558 Å². The molecule has 10 unspecified atom stereocenters. The van der Waals surface area contributed by atoms with Gasteiger partial charge in [0.2, 0.25) is 0 Å². The number of allylic oxidation sites excluding steroid dienone is 4. The highest BCUT2D eigenvalue weighted by atomic mass is 16.3. The zero-order valence-corrected chi connectivity index (χ0v) is 62.5. The first kappa shape index (κ1) is 67.7. The van der Waals surface area contributed by atoms with Gasteiger partial charge in [-0.15, -0.1) is 0 Å². The number of ketones is 3. The zero-order chi connectivity index (χ0) is 66.0. The molecule has 0 aromatic carbocycles. The summed E-state index contributed by atoms with van der Waals surface area (Å²) in [4.78, 5) is 38.6. The van der Waals surface area contributed by atoms with Crippen molar-refractivity contribution in [2.45, 2.75) is 330 Å². The number of fused-ring (bicyclic) bond motifs is 21.